The molecule has 78 valence electrons. The van der Waals surface area contributed by atoms with Crippen molar-refractivity contribution in [3.63, 3.8) is 0 Å². The van der Waals surface area contributed by atoms with Crippen molar-refractivity contribution in [1.82, 2.24) is 5.32 Å². The minimum atomic E-state index is -0.578. The molecule has 1 aromatic carbocycles. The van der Waals surface area contributed by atoms with E-state index in [2.05, 4.69) is 5.32 Å². The molecule has 0 saturated heterocycles. The minimum absolute atomic E-state index is 0.276. The van der Waals surface area contributed by atoms with Gasteiger partial charge in [-0.25, -0.2) is 13.2 Å². The number of alkyl halides is 1. The van der Waals surface area contributed by atoms with Crippen LogP contribution >= 0.6 is 0 Å². The SMILES string of the molecule is FCCNCCc1cc(F)cc(F)c1. The standard InChI is InChI=1S/C10H12F3N/c11-2-4-14-3-1-8-5-9(12)7-10(13)6-8/h5-7,14H,1-4H2. The maximum absolute atomic E-state index is 12.7. The van der Waals surface area contributed by atoms with Crippen molar-refractivity contribution in [1.29, 1.82) is 0 Å². The van der Waals surface area contributed by atoms with Crippen LogP contribution in [0.1, 0.15) is 5.56 Å². The van der Waals surface area contributed by atoms with Gasteiger partial charge in [0.15, 0.2) is 0 Å². The molecule has 4 heteroatoms. The van der Waals surface area contributed by atoms with Crippen LogP contribution in [0.4, 0.5) is 13.2 Å². The third-order valence-electron chi connectivity index (χ3n) is 1.78. The van der Waals surface area contributed by atoms with Gasteiger partial charge in [0.2, 0.25) is 0 Å². The summed E-state index contributed by atoms with van der Waals surface area (Å²) in [5.41, 5.74) is 0.578. The molecule has 1 aromatic rings. The Hall–Kier alpha value is -1.03. The summed E-state index contributed by atoms with van der Waals surface area (Å²) < 4.78 is 37.0. The number of rotatable bonds is 5. The average molecular weight is 203 g/mol. The largest absolute Gasteiger partial charge is 0.314 e. The van der Waals surface area contributed by atoms with E-state index in [1.165, 1.54) is 12.1 Å². The Labute approximate surface area is 80.9 Å². The molecule has 0 heterocycles. The Morgan fingerprint density at radius 2 is 1.64 bits per heavy atom. The smallest absolute Gasteiger partial charge is 0.126 e. The predicted molar refractivity (Wildman–Crippen MR) is 48.9 cm³/mol. The summed E-state index contributed by atoms with van der Waals surface area (Å²) in [6.07, 6.45) is 0.495. The first kappa shape index (κ1) is 11.0. The summed E-state index contributed by atoms with van der Waals surface area (Å²) >= 11 is 0. The third kappa shape index (κ3) is 3.79. The molecule has 0 fully saturated rings. The first-order valence-electron chi connectivity index (χ1n) is 4.44. The van der Waals surface area contributed by atoms with Gasteiger partial charge in [-0.2, -0.15) is 0 Å². The summed E-state index contributed by atoms with van der Waals surface area (Å²) in [5, 5.41) is 2.80. The molecule has 1 nitrogen and oxygen atoms in total. The average Bonchev–Trinajstić information content (AvgIpc) is 2.11. The van der Waals surface area contributed by atoms with Crippen LogP contribution in [0.25, 0.3) is 0 Å². The first-order valence-corrected chi connectivity index (χ1v) is 4.44. The minimum Gasteiger partial charge on any atom is -0.314 e. The molecule has 0 atom stereocenters. The van der Waals surface area contributed by atoms with Gasteiger partial charge in [-0.15, -0.1) is 0 Å². The lowest BCUT2D eigenvalue weighted by Crippen LogP contribution is -2.19. The zero-order valence-electron chi connectivity index (χ0n) is 7.69. The third-order valence-corrected chi connectivity index (χ3v) is 1.78. The molecule has 1 N–H and O–H groups in total. The molecular weight excluding hydrogens is 191 g/mol. The molecule has 0 aliphatic heterocycles. The van der Waals surface area contributed by atoms with Gasteiger partial charge in [-0.1, -0.05) is 0 Å². The van der Waals surface area contributed by atoms with Gasteiger partial charge < -0.3 is 5.32 Å². The molecule has 0 saturated carbocycles. The summed E-state index contributed by atoms with van der Waals surface area (Å²) in [6.45, 7) is 0.363. The van der Waals surface area contributed by atoms with E-state index in [0.29, 0.717) is 18.5 Å². The van der Waals surface area contributed by atoms with Crippen LogP contribution in [0.2, 0.25) is 0 Å². The van der Waals surface area contributed by atoms with Gasteiger partial charge >= 0.3 is 0 Å². The van der Waals surface area contributed by atoms with Crippen LogP contribution < -0.4 is 5.32 Å². The van der Waals surface area contributed by atoms with Crippen molar-refractivity contribution in [3.05, 3.63) is 35.4 Å². The Morgan fingerprint density at radius 3 is 2.21 bits per heavy atom. The number of benzene rings is 1. The van der Waals surface area contributed by atoms with Crippen molar-refractivity contribution in [2.45, 2.75) is 6.42 Å². The molecule has 14 heavy (non-hydrogen) atoms. The summed E-state index contributed by atoms with van der Waals surface area (Å²) in [5.74, 6) is -1.16. The van der Waals surface area contributed by atoms with Crippen molar-refractivity contribution in [2.75, 3.05) is 19.8 Å². The van der Waals surface area contributed by atoms with E-state index in [1.807, 2.05) is 0 Å². The second-order valence-electron chi connectivity index (χ2n) is 2.97. The van der Waals surface area contributed by atoms with Crippen LogP contribution in [0, 0.1) is 11.6 Å². The Morgan fingerprint density at radius 1 is 1.00 bits per heavy atom. The molecule has 0 aliphatic rings. The summed E-state index contributed by atoms with van der Waals surface area (Å²) in [4.78, 5) is 0. The van der Waals surface area contributed by atoms with Crippen molar-refractivity contribution < 1.29 is 13.2 Å². The maximum Gasteiger partial charge on any atom is 0.126 e. The predicted octanol–water partition coefficient (Wildman–Crippen LogP) is 2.07. The second-order valence-corrected chi connectivity index (χ2v) is 2.97. The van der Waals surface area contributed by atoms with Crippen LogP contribution in [-0.4, -0.2) is 19.8 Å². The second kappa shape index (κ2) is 5.65. The highest BCUT2D eigenvalue weighted by Crippen LogP contribution is 2.07. The van der Waals surface area contributed by atoms with E-state index in [1.54, 1.807) is 0 Å². The van der Waals surface area contributed by atoms with Crippen molar-refractivity contribution in [3.8, 4) is 0 Å². The number of hydrogen-bond acceptors (Lipinski definition) is 1. The molecule has 1 rings (SSSR count). The van der Waals surface area contributed by atoms with Crippen LogP contribution in [0.5, 0.6) is 0 Å². The van der Waals surface area contributed by atoms with E-state index >= 15 is 0 Å². The fourth-order valence-electron chi connectivity index (χ4n) is 1.18. The zero-order valence-corrected chi connectivity index (χ0v) is 7.69. The van der Waals surface area contributed by atoms with Crippen molar-refractivity contribution in [2.24, 2.45) is 0 Å². The summed E-state index contributed by atoms with van der Waals surface area (Å²) in [7, 11) is 0. The van der Waals surface area contributed by atoms with Gasteiger partial charge in [0.05, 0.1) is 0 Å². The van der Waals surface area contributed by atoms with E-state index < -0.39 is 18.3 Å². The fraction of sp³-hybridized carbons (Fsp3) is 0.400. The van der Waals surface area contributed by atoms with Crippen molar-refractivity contribution >= 4 is 0 Å². The maximum atomic E-state index is 12.7. The van der Waals surface area contributed by atoms with E-state index in [-0.39, 0.29) is 6.54 Å². The number of hydrogen-bond donors (Lipinski definition) is 1. The lowest BCUT2D eigenvalue weighted by Gasteiger charge is -2.03. The van der Waals surface area contributed by atoms with Gasteiger partial charge in [-0.05, 0) is 30.7 Å². The topological polar surface area (TPSA) is 12.0 Å². The van der Waals surface area contributed by atoms with E-state index in [9.17, 15) is 13.2 Å². The molecule has 0 aromatic heterocycles. The fourth-order valence-corrected chi connectivity index (χ4v) is 1.18. The Kier molecular flexibility index (Phi) is 4.46. The highest BCUT2D eigenvalue weighted by Gasteiger charge is 1.99. The van der Waals surface area contributed by atoms with E-state index in [4.69, 9.17) is 0 Å². The first-order chi connectivity index (χ1) is 6.72. The van der Waals surface area contributed by atoms with Gasteiger partial charge in [0.25, 0.3) is 0 Å². The van der Waals surface area contributed by atoms with E-state index in [0.717, 1.165) is 6.07 Å². The molecule has 0 unspecified atom stereocenters. The Balaban J connectivity index is 2.42. The molecule has 0 radical (unpaired) electrons. The lowest BCUT2D eigenvalue weighted by molar-refractivity contribution is 0.468. The summed E-state index contributed by atoms with van der Waals surface area (Å²) in [6, 6.07) is 3.39. The van der Waals surface area contributed by atoms with Gasteiger partial charge in [0, 0.05) is 12.6 Å². The Bertz CT molecular complexity index is 268. The molecular formula is C10H12F3N. The molecule has 0 spiro atoms. The number of halogens is 3. The van der Waals surface area contributed by atoms with Crippen LogP contribution in [-0.2, 0) is 6.42 Å². The van der Waals surface area contributed by atoms with Gasteiger partial charge in [0.1, 0.15) is 18.3 Å². The quantitative estimate of drug-likeness (QED) is 0.722. The normalized spacial score (nSPS) is 10.5. The molecule has 0 amide bonds. The molecule has 0 bridgehead atoms. The van der Waals surface area contributed by atoms with Crippen LogP contribution in [0.15, 0.2) is 18.2 Å². The highest BCUT2D eigenvalue weighted by atomic mass is 19.1. The number of nitrogens with one attached hydrogen (secondary N) is 1. The highest BCUT2D eigenvalue weighted by molar-refractivity contribution is 5.18. The monoisotopic (exact) mass is 203 g/mol. The van der Waals surface area contributed by atoms with Gasteiger partial charge in [-0.3, -0.25) is 0 Å². The molecule has 0 aliphatic carbocycles. The lowest BCUT2D eigenvalue weighted by atomic mass is 10.1. The zero-order chi connectivity index (χ0) is 10.4. The van der Waals surface area contributed by atoms with Crippen LogP contribution in [0.3, 0.4) is 0 Å².